The SMILES string of the molecule is C[N+]1=C(/C=C/c2ccccc2)C(C)(Cc2ccccc2)c2c1ccc1ccccc21. The minimum atomic E-state index is -0.114. The summed E-state index contributed by atoms with van der Waals surface area (Å²) >= 11 is 0. The topological polar surface area (TPSA) is 3.01 Å². The second-order valence-electron chi connectivity index (χ2n) is 8.36. The maximum atomic E-state index is 2.40. The molecule has 1 atom stereocenters. The lowest BCUT2D eigenvalue weighted by atomic mass is 9.73. The zero-order valence-electron chi connectivity index (χ0n) is 17.5. The Labute approximate surface area is 178 Å². The second kappa shape index (κ2) is 7.42. The van der Waals surface area contributed by atoms with E-state index in [1.54, 1.807) is 0 Å². The molecule has 0 saturated heterocycles. The molecule has 0 amide bonds. The van der Waals surface area contributed by atoms with E-state index in [1.807, 2.05) is 0 Å². The van der Waals surface area contributed by atoms with Crippen LogP contribution in [0.5, 0.6) is 0 Å². The van der Waals surface area contributed by atoms with Crippen LogP contribution < -0.4 is 0 Å². The Morgan fingerprint density at radius 3 is 2.17 bits per heavy atom. The van der Waals surface area contributed by atoms with Gasteiger partial charge in [-0.15, -0.1) is 0 Å². The van der Waals surface area contributed by atoms with Gasteiger partial charge in [-0.05, 0) is 47.4 Å². The minimum Gasteiger partial charge on any atom is -0.198 e. The molecule has 0 spiro atoms. The van der Waals surface area contributed by atoms with Crippen LogP contribution >= 0.6 is 0 Å². The molecule has 4 aromatic carbocycles. The van der Waals surface area contributed by atoms with Gasteiger partial charge in [-0.2, -0.15) is 4.58 Å². The fourth-order valence-electron chi connectivity index (χ4n) is 4.97. The zero-order valence-corrected chi connectivity index (χ0v) is 17.5. The van der Waals surface area contributed by atoms with Crippen molar-refractivity contribution in [3.05, 3.63) is 120 Å². The Hall–Kier alpha value is -3.45. The largest absolute Gasteiger partial charge is 0.210 e. The molecule has 5 rings (SSSR count). The van der Waals surface area contributed by atoms with Crippen molar-refractivity contribution in [2.45, 2.75) is 18.8 Å². The molecule has 30 heavy (non-hydrogen) atoms. The highest BCUT2D eigenvalue weighted by molar-refractivity contribution is 6.09. The first kappa shape index (κ1) is 18.6. The van der Waals surface area contributed by atoms with Gasteiger partial charge in [0.15, 0.2) is 5.71 Å². The van der Waals surface area contributed by atoms with Crippen molar-refractivity contribution in [2.75, 3.05) is 7.05 Å². The molecule has 0 fully saturated rings. The molecule has 0 radical (unpaired) electrons. The number of fused-ring (bicyclic) bond motifs is 3. The van der Waals surface area contributed by atoms with Gasteiger partial charge >= 0.3 is 0 Å². The predicted octanol–water partition coefficient (Wildman–Crippen LogP) is 6.78. The average molecular weight is 389 g/mol. The van der Waals surface area contributed by atoms with E-state index < -0.39 is 0 Å². The van der Waals surface area contributed by atoms with Crippen molar-refractivity contribution < 1.29 is 4.58 Å². The summed E-state index contributed by atoms with van der Waals surface area (Å²) in [6.07, 6.45) is 5.52. The summed E-state index contributed by atoms with van der Waals surface area (Å²) in [6.45, 7) is 2.40. The van der Waals surface area contributed by atoms with Gasteiger partial charge in [0, 0.05) is 17.7 Å². The monoisotopic (exact) mass is 388 g/mol. The normalized spacial score (nSPS) is 18.3. The molecule has 0 N–H and O–H groups in total. The standard InChI is InChI=1S/C29H26N/c1-29(21-23-13-7-4-8-14-23)27(20-17-22-11-5-3-6-12-22)30(2)26-19-18-24-15-9-10-16-25(24)28(26)29/h3-20H,21H2,1-2H3/q+1/b20-17+. The van der Waals surface area contributed by atoms with Gasteiger partial charge in [-0.1, -0.05) is 84.9 Å². The first-order valence-corrected chi connectivity index (χ1v) is 10.6. The van der Waals surface area contributed by atoms with E-state index in [4.69, 9.17) is 0 Å². The average Bonchev–Trinajstić information content (AvgIpc) is 3.00. The molecule has 1 unspecified atom stereocenters. The third kappa shape index (κ3) is 3.07. The first-order chi connectivity index (χ1) is 14.7. The van der Waals surface area contributed by atoms with Gasteiger partial charge in [-0.25, -0.2) is 0 Å². The van der Waals surface area contributed by atoms with Crippen LogP contribution in [0.15, 0.2) is 103 Å². The quantitative estimate of drug-likeness (QED) is 0.339. The zero-order chi connectivity index (χ0) is 20.6. The van der Waals surface area contributed by atoms with Crippen molar-refractivity contribution in [3.63, 3.8) is 0 Å². The molecule has 1 aliphatic rings. The Morgan fingerprint density at radius 1 is 0.733 bits per heavy atom. The summed E-state index contributed by atoms with van der Waals surface area (Å²) in [6, 6.07) is 34.7. The summed E-state index contributed by atoms with van der Waals surface area (Å²) in [5.74, 6) is 0. The smallest absolute Gasteiger partial charge is 0.198 e. The van der Waals surface area contributed by atoms with Crippen LogP contribution in [0.2, 0.25) is 0 Å². The van der Waals surface area contributed by atoms with E-state index in [0.717, 1.165) is 6.42 Å². The highest BCUT2D eigenvalue weighted by Gasteiger charge is 2.47. The van der Waals surface area contributed by atoms with Crippen LogP contribution in [-0.4, -0.2) is 17.3 Å². The number of benzene rings is 4. The van der Waals surface area contributed by atoms with Gasteiger partial charge in [0.2, 0.25) is 5.69 Å². The van der Waals surface area contributed by atoms with Crippen molar-refractivity contribution in [3.8, 4) is 0 Å². The number of nitrogens with zero attached hydrogens (tertiary/aromatic N) is 1. The maximum Gasteiger partial charge on any atom is 0.210 e. The van der Waals surface area contributed by atoms with E-state index in [0.29, 0.717) is 0 Å². The number of rotatable bonds is 4. The molecule has 0 aliphatic carbocycles. The number of hydrogen-bond acceptors (Lipinski definition) is 0. The molecule has 4 aromatic rings. The molecular weight excluding hydrogens is 362 g/mol. The number of allylic oxidation sites excluding steroid dienone is 1. The van der Waals surface area contributed by atoms with E-state index in [1.165, 1.54) is 38.9 Å². The van der Waals surface area contributed by atoms with Gasteiger partial charge in [-0.3, -0.25) is 0 Å². The molecule has 1 aliphatic heterocycles. The molecule has 0 aromatic heterocycles. The van der Waals surface area contributed by atoms with Gasteiger partial charge in [0.05, 0.1) is 5.41 Å². The lowest BCUT2D eigenvalue weighted by Crippen LogP contribution is -2.33. The predicted molar refractivity (Wildman–Crippen MR) is 128 cm³/mol. The molecule has 1 nitrogen and oxygen atoms in total. The molecule has 1 heterocycles. The van der Waals surface area contributed by atoms with Crippen molar-refractivity contribution in [1.82, 2.24) is 0 Å². The van der Waals surface area contributed by atoms with E-state index in [-0.39, 0.29) is 5.41 Å². The molecule has 0 bridgehead atoms. The molecule has 1 heteroatoms. The summed E-state index contributed by atoms with van der Waals surface area (Å²) in [5, 5.41) is 2.65. The minimum absolute atomic E-state index is 0.114. The fourth-order valence-corrected chi connectivity index (χ4v) is 4.97. The summed E-state index contributed by atoms with van der Waals surface area (Å²) in [4.78, 5) is 0. The number of hydrogen-bond donors (Lipinski definition) is 0. The summed E-state index contributed by atoms with van der Waals surface area (Å²) in [7, 11) is 2.20. The van der Waals surface area contributed by atoms with Crippen LogP contribution in [0.3, 0.4) is 0 Å². The highest BCUT2D eigenvalue weighted by Crippen LogP contribution is 2.45. The Bertz CT molecular complexity index is 1270. The first-order valence-electron chi connectivity index (χ1n) is 10.6. The van der Waals surface area contributed by atoms with E-state index in [2.05, 4.69) is 128 Å². The second-order valence-corrected chi connectivity index (χ2v) is 8.36. The maximum absolute atomic E-state index is 2.40. The van der Waals surface area contributed by atoms with Gasteiger partial charge < -0.3 is 0 Å². The van der Waals surface area contributed by atoms with Crippen molar-refractivity contribution in [1.29, 1.82) is 0 Å². The molecule has 146 valence electrons. The third-order valence-electron chi connectivity index (χ3n) is 6.38. The van der Waals surface area contributed by atoms with E-state index in [9.17, 15) is 0 Å². The highest BCUT2D eigenvalue weighted by atomic mass is 15.0. The van der Waals surface area contributed by atoms with Crippen LogP contribution in [0.4, 0.5) is 5.69 Å². The Kier molecular flexibility index (Phi) is 4.59. The third-order valence-corrected chi connectivity index (χ3v) is 6.38. The van der Waals surface area contributed by atoms with Gasteiger partial charge in [0.1, 0.15) is 7.05 Å². The van der Waals surface area contributed by atoms with Crippen molar-refractivity contribution >= 4 is 28.2 Å². The van der Waals surface area contributed by atoms with Crippen LogP contribution in [0.1, 0.15) is 23.6 Å². The lowest BCUT2D eigenvalue weighted by molar-refractivity contribution is -0.401. The van der Waals surface area contributed by atoms with Crippen LogP contribution in [0, 0.1) is 0 Å². The Balaban J connectivity index is 1.71. The summed E-state index contributed by atoms with van der Waals surface area (Å²) in [5.41, 5.74) is 6.54. The van der Waals surface area contributed by atoms with Crippen LogP contribution in [0.25, 0.3) is 16.8 Å². The molecule has 0 saturated carbocycles. The fraction of sp³-hybridized carbons (Fsp3) is 0.138. The van der Waals surface area contributed by atoms with Crippen LogP contribution in [-0.2, 0) is 11.8 Å². The molecular formula is C29H26N+. The van der Waals surface area contributed by atoms with E-state index >= 15 is 0 Å². The Morgan fingerprint density at radius 2 is 1.40 bits per heavy atom. The lowest BCUT2D eigenvalue weighted by Gasteiger charge is -2.24. The van der Waals surface area contributed by atoms with Crippen molar-refractivity contribution in [2.24, 2.45) is 0 Å². The van der Waals surface area contributed by atoms with Gasteiger partial charge in [0.25, 0.3) is 0 Å². The summed E-state index contributed by atoms with van der Waals surface area (Å²) < 4.78 is 2.38.